The number of likely N-dealkylation sites (tertiary alicyclic amines) is 2. The van der Waals surface area contributed by atoms with Gasteiger partial charge in [0.25, 0.3) is 0 Å². The number of aromatic nitrogens is 4. The predicted octanol–water partition coefficient (Wildman–Crippen LogP) is 6.61. The quantitative estimate of drug-likeness (QED) is 0.130. The number of carbonyl (C=O) groups is 4. The molecule has 1 unspecified atom stereocenters. The molecule has 4 amide bonds. The Hall–Kier alpha value is -5.92. The number of hydrogen-bond acceptors (Lipinski definition) is 8. The van der Waals surface area contributed by atoms with Crippen molar-refractivity contribution in [2.75, 3.05) is 20.8 Å². The van der Waals surface area contributed by atoms with E-state index in [0.29, 0.717) is 12.5 Å². The van der Waals surface area contributed by atoms with Crippen LogP contribution in [0.2, 0.25) is 0 Å². The Morgan fingerprint density at radius 2 is 1.50 bits per heavy atom. The number of H-pyrrole nitrogens is 2. The van der Waals surface area contributed by atoms with Crippen molar-refractivity contribution in [3.8, 4) is 22.4 Å². The van der Waals surface area contributed by atoms with E-state index in [2.05, 4.69) is 69.1 Å². The Morgan fingerprint density at radius 1 is 0.804 bits per heavy atom. The molecule has 8 rings (SSSR count). The van der Waals surface area contributed by atoms with Crippen LogP contribution in [0.5, 0.6) is 0 Å². The molecule has 6 atom stereocenters. The standard InChI is InChI=1S/C42H48N8O6/c1-22(2)35(48-42(54)56-5)40(52)49-16-6-7-34(49)37-45-31-15-13-27(20-32(31)46-37)25-8-9-26-18-28(11-10-24(26)17-25)33-21-43-38(47-33)36-29-12-14-30(19-29)50(36)39(51)23(3)44-41(53)55-4/h8-11,13,15,17-18,20-23,29-30,34-36H,6-7,12,14,16,19H2,1-5H3,(H,43,47)(H,44,53)(H,45,46)(H,48,54)/t23-,29-,30+,34?,35-,36-/m0/s1. The van der Waals surface area contributed by atoms with Crippen molar-refractivity contribution in [1.29, 1.82) is 0 Å². The van der Waals surface area contributed by atoms with Gasteiger partial charge in [0.15, 0.2) is 0 Å². The minimum atomic E-state index is -0.704. The number of nitrogens with zero attached hydrogens (tertiary/aromatic N) is 4. The molecule has 3 fully saturated rings. The van der Waals surface area contributed by atoms with Gasteiger partial charge in [-0.3, -0.25) is 9.59 Å². The molecule has 1 saturated carbocycles. The molecule has 14 nitrogen and oxygen atoms in total. The van der Waals surface area contributed by atoms with Crippen LogP contribution in [0.4, 0.5) is 9.59 Å². The van der Waals surface area contributed by atoms with Crippen molar-refractivity contribution in [3.05, 3.63) is 72.4 Å². The third kappa shape index (κ3) is 6.81. The molecule has 0 radical (unpaired) electrons. The summed E-state index contributed by atoms with van der Waals surface area (Å²) in [6.45, 7) is 6.09. The number of amides is 4. The molecule has 56 heavy (non-hydrogen) atoms. The van der Waals surface area contributed by atoms with Crippen LogP contribution in [0.15, 0.2) is 60.8 Å². The molecular weight excluding hydrogens is 713 g/mol. The molecule has 3 aliphatic rings. The maximum Gasteiger partial charge on any atom is 0.407 e. The van der Waals surface area contributed by atoms with E-state index in [1.165, 1.54) is 14.2 Å². The van der Waals surface area contributed by atoms with Gasteiger partial charge in [0.2, 0.25) is 11.8 Å². The number of hydrogen-bond donors (Lipinski definition) is 4. The molecule has 1 aliphatic carbocycles. The molecule has 4 heterocycles. The zero-order valence-electron chi connectivity index (χ0n) is 32.3. The Morgan fingerprint density at radius 3 is 2.25 bits per heavy atom. The van der Waals surface area contributed by atoms with Gasteiger partial charge < -0.3 is 39.9 Å². The topological polar surface area (TPSA) is 175 Å². The number of nitrogens with one attached hydrogen (secondary N) is 4. The summed E-state index contributed by atoms with van der Waals surface area (Å²) in [5.41, 5.74) is 5.70. The van der Waals surface area contributed by atoms with Gasteiger partial charge in [-0.05, 0) is 97.0 Å². The first-order chi connectivity index (χ1) is 27.0. The Balaban J connectivity index is 0.995. The molecule has 2 aliphatic heterocycles. The predicted molar refractivity (Wildman–Crippen MR) is 210 cm³/mol. The molecule has 14 heteroatoms. The molecular formula is C42H48N8O6. The average molecular weight is 761 g/mol. The molecule has 3 aromatic carbocycles. The summed E-state index contributed by atoms with van der Waals surface area (Å²) >= 11 is 0. The third-order valence-corrected chi connectivity index (χ3v) is 11.8. The van der Waals surface area contributed by atoms with Crippen molar-refractivity contribution >= 4 is 45.8 Å². The molecule has 5 aromatic rings. The van der Waals surface area contributed by atoms with E-state index in [4.69, 9.17) is 19.4 Å². The minimum absolute atomic E-state index is 0.108. The van der Waals surface area contributed by atoms with Crippen LogP contribution in [-0.4, -0.2) is 92.6 Å². The van der Waals surface area contributed by atoms with E-state index in [1.807, 2.05) is 35.9 Å². The number of rotatable bonds is 9. The molecule has 292 valence electrons. The van der Waals surface area contributed by atoms with Gasteiger partial charge in [-0.15, -0.1) is 0 Å². The number of piperidine rings is 1. The molecule has 2 saturated heterocycles. The monoisotopic (exact) mass is 760 g/mol. The largest absolute Gasteiger partial charge is 0.453 e. The van der Waals surface area contributed by atoms with Gasteiger partial charge in [0.05, 0.1) is 49.2 Å². The summed E-state index contributed by atoms with van der Waals surface area (Å²) in [7, 11) is 2.58. The summed E-state index contributed by atoms with van der Waals surface area (Å²) in [5, 5.41) is 7.51. The fraction of sp³-hybridized carbons (Fsp3) is 0.429. The van der Waals surface area contributed by atoms with E-state index >= 15 is 0 Å². The van der Waals surface area contributed by atoms with Crippen molar-refractivity contribution in [2.24, 2.45) is 11.8 Å². The number of fused-ring (bicyclic) bond motifs is 4. The number of benzene rings is 3. The lowest BCUT2D eigenvalue weighted by Crippen LogP contribution is -2.51. The fourth-order valence-electron chi connectivity index (χ4n) is 8.96. The Bertz CT molecular complexity index is 2320. The second kappa shape index (κ2) is 15.0. The number of imidazole rings is 2. The van der Waals surface area contributed by atoms with Gasteiger partial charge in [-0.25, -0.2) is 19.6 Å². The van der Waals surface area contributed by atoms with Crippen molar-refractivity contribution < 1.29 is 28.7 Å². The number of methoxy groups -OCH3 is 2. The van der Waals surface area contributed by atoms with Crippen LogP contribution in [0.3, 0.4) is 0 Å². The summed E-state index contributed by atoms with van der Waals surface area (Å²) in [6, 6.07) is 17.3. The first-order valence-corrected chi connectivity index (χ1v) is 19.4. The molecule has 2 aromatic heterocycles. The van der Waals surface area contributed by atoms with E-state index < -0.39 is 24.3 Å². The van der Waals surface area contributed by atoms with Gasteiger partial charge in [0, 0.05) is 18.2 Å². The van der Waals surface area contributed by atoms with Crippen LogP contribution in [0.1, 0.15) is 76.6 Å². The Labute approximate surface area is 324 Å². The maximum absolute atomic E-state index is 13.6. The van der Waals surface area contributed by atoms with Crippen LogP contribution < -0.4 is 10.6 Å². The lowest BCUT2D eigenvalue weighted by molar-refractivity contribution is -0.138. The zero-order valence-corrected chi connectivity index (χ0v) is 32.3. The number of carbonyl (C=O) groups excluding carboxylic acids is 4. The second-order valence-corrected chi connectivity index (χ2v) is 15.6. The van der Waals surface area contributed by atoms with Crippen molar-refractivity contribution in [2.45, 2.75) is 83.1 Å². The van der Waals surface area contributed by atoms with Crippen molar-refractivity contribution in [1.82, 2.24) is 40.4 Å². The first kappa shape index (κ1) is 37.0. The number of alkyl carbamates (subject to hydrolysis) is 2. The Kier molecular flexibility index (Phi) is 9.89. The third-order valence-electron chi connectivity index (χ3n) is 11.8. The zero-order chi connectivity index (χ0) is 39.2. The smallest absolute Gasteiger partial charge is 0.407 e. The SMILES string of the molecule is COC(=O)N[C@@H](C)C(=O)N1[C@@H]2CC[C@@H](C2)[C@H]1c1ncc(-c2ccc3cc(-c4ccc5nc(C6CCCN6C(=O)[C@@H](NC(=O)OC)C(C)C)[nH]c5c4)ccc3c2)[nH]1. The van der Waals surface area contributed by atoms with E-state index in [1.54, 1.807) is 6.92 Å². The van der Waals surface area contributed by atoms with E-state index in [0.717, 1.165) is 87.9 Å². The average Bonchev–Trinajstić information content (AvgIpc) is 4.06. The minimum Gasteiger partial charge on any atom is -0.453 e. The first-order valence-electron chi connectivity index (χ1n) is 19.4. The van der Waals surface area contributed by atoms with Crippen LogP contribution in [-0.2, 0) is 19.1 Å². The highest BCUT2D eigenvalue weighted by atomic mass is 16.5. The summed E-state index contributed by atoms with van der Waals surface area (Å²) in [5.74, 6) is 1.45. The van der Waals surface area contributed by atoms with Crippen molar-refractivity contribution in [3.63, 3.8) is 0 Å². The van der Waals surface area contributed by atoms with E-state index in [9.17, 15) is 19.2 Å². The molecule has 4 N–H and O–H groups in total. The lowest BCUT2D eigenvalue weighted by atomic mass is 9.97. The van der Waals surface area contributed by atoms with Crippen LogP contribution in [0, 0.1) is 11.8 Å². The van der Waals surface area contributed by atoms with Gasteiger partial charge in [-0.1, -0.05) is 44.2 Å². The van der Waals surface area contributed by atoms with Gasteiger partial charge in [0.1, 0.15) is 23.7 Å². The van der Waals surface area contributed by atoms with Gasteiger partial charge in [-0.2, -0.15) is 0 Å². The van der Waals surface area contributed by atoms with Crippen LogP contribution >= 0.6 is 0 Å². The fourth-order valence-corrected chi connectivity index (χ4v) is 8.96. The molecule has 2 bridgehead atoms. The number of ether oxygens (including phenoxy) is 2. The highest BCUT2D eigenvalue weighted by Crippen LogP contribution is 2.50. The maximum atomic E-state index is 13.6. The summed E-state index contributed by atoms with van der Waals surface area (Å²) < 4.78 is 9.49. The summed E-state index contributed by atoms with van der Waals surface area (Å²) in [6.07, 6.45) is 5.14. The second-order valence-electron chi connectivity index (χ2n) is 15.6. The highest BCUT2D eigenvalue weighted by molar-refractivity contribution is 5.92. The van der Waals surface area contributed by atoms with E-state index in [-0.39, 0.29) is 35.9 Å². The molecule has 0 spiro atoms. The van der Waals surface area contributed by atoms with Gasteiger partial charge >= 0.3 is 12.2 Å². The normalized spacial score (nSPS) is 21.5. The lowest BCUT2D eigenvalue weighted by Gasteiger charge is -2.36. The summed E-state index contributed by atoms with van der Waals surface area (Å²) in [4.78, 5) is 71.4. The number of aromatic amines is 2. The highest BCUT2D eigenvalue weighted by Gasteiger charge is 2.50. The van der Waals surface area contributed by atoms with Crippen LogP contribution in [0.25, 0.3) is 44.2 Å².